The van der Waals surface area contributed by atoms with Crippen molar-refractivity contribution in [2.45, 2.75) is 19.8 Å². The van der Waals surface area contributed by atoms with Crippen molar-refractivity contribution in [2.75, 3.05) is 18.1 Å². The first kappa shape index (κ1) is 19.5. The summed E-state index contributed by atoms with van der Waals surface area (Å²) in [6.45, 7) is 1.85. The number of aryl methyl sites for hydroxylation is 3. The number of rotatable bonds is 4. The van der Waals surface area contributed by atoms with E-state index in [1.54, 1.807) is 23.9 Å². The van der Waals surface area contributed by atoms with Crippen LogP contribution in [-0.4, -0.2) is 44.7 Å². The van der Waals surface area contributed by atoms with Gasteiger partial charge in [-0.25, -0.2) is 9.78 Å². The molecule has 1 amide bonds. The number of fused-ring (bicyclic) bond motifs is 2. The summed E-state index contributed by atoms with van der Waals surface area (Å²) in [6.07, 6.45) is 2.72. The number of nitrogens with zero attached hydrogens (tertiary/aromatic N) is 5. The lowest BCUT2D eigenvalue weighted by Gasteiger charge is -2.29. The van der Waals surface area contributed by atoms with Gasteiger partial charge in [0.25, 0.3) is 11.6 Å². The topological polar surface area (TPSA) is 120 Å². The van der Waals surface area contributed by atoms with Gasteiger partial charge in [-0.1, -0.05) is 0 Å². The Balaban J connectivity index is 1.47. The van der Waals surface area contributed by atoms with E-state index >= 15 is 0 Å². The molecule has 0 atom stereocenters. The molecule has 154 valence electrons. The molecular formula is C20H19N5O5. The van der Waals surface area contributed by atoms with E-state index in [0.717, 1.165) is 16.6 Å². The molecule has 0 unspecified atom stereocenters. The SMILES string of the molecule is Cc1nn(C)c2ncc(C(=O)OCC(=O)N3CCCc4cc([N+](=O)[O-])ccc43)cc12. The van der Waals surface area contributed by atoms with E-state index in [2.05, 4.69) is 10.1 Å². The zero-order valence-electron chi connectivity index (χ0n) is 16.5. The number of anilines is 1. The number of carbonyl (C=O) groups is 2. The number of ether oxygens (including phenoxy) is 1. The summed E-state index contributed by atoms with van der Waals surface area (Å²) < 4.78 is 6.84. The Morgan fingerprint density at radius 3 is 2.87 bits per heavy atom. The summed E-state index contributed by atoms with van der Waals surface area (Å²) in [4.78, 5) is 41.4. The summed E-state index contributed by atoms with van der Waals surface area (Å²) in [5.74, 6) is -1.04. The Morgan fingerprint density at radius 2 is 2.10 bits per heavy atom. The van der Waals surface area contributed by atoms with Crippen LogP contribution in [0.1, 0.15) is 28.0 Å². The molecule has 0 radical (unpaired) electrons. The van der Waals surface area contributed by atoms with Crippen molar-refractivity contribution in [1.29, 1.82) is 0 Å². The van der Waals surface area contributed by atoms with Crippen LogP contribution in [-0.2, 0) is 23.0 Å². The fourth-order valence-electron chi connectivity index (χ4n) is 3.66. The first-order chi connectivity index (χ1) is 14.3. The van der Waals surface area contributed by atoms with E-state index in [4.69, 9.17) is 4.74 Å². The Labute approximate surface area is 171 Å². The van der Waals surface area contributed by atoms with Gasteiger partial charge in [-0.15, -0.1) is 0 Å². The first-order valence-electron chi connectivity index (χ1n) is 9.39. The molecule has 1 aliphatic heterocycles. The molecule has 30 heavy (non-hydrogen) atoms. The largest absolute Gasteiger partial charge is 0.452 e. The van der Waals surface area contributed by atoms with E-state index in [9.17, 15) is 19.7 Å². The number of non-ortho nitro benzene ring substituents is 1. The fourth-order valence-corrected chi connectivity index (χ4v) is 3.66. The van der Waals surface area contributed by atoms with E-state index in [-0.39, 0.29) is 17.2 Å². The molecule has 3 aromatic rings. The van der Waals surface area contributed by atoms with Gasteiger partial charge in [0.15, 0.2) is 12.3 Å². The predicted molar refractivity (Wildman–Crippen MR) is 107 cm³/mol. The van der Waals surface area contributed by atoms with Crippen LogP contribution in [0.25, 0.3) is 11.0 Å². The zero-order chi connectivity index (χ0) is 21.4. The minimum absolute atomic E-state index is 0.0111. The molecule has 0 fully saturated rings. The lowest BCUT2D eigenvalue weighted by Crippen LogP contribution is -2.38. The van der Waals surface area contributed by atoms with Gasteiger partial charge in [0.2, 0.25) is 0 Å². The maximum absolute atomic E-state index is 12.7. The van der Waals surface area contributed by atoms with Gasteiger partial charge in [0.1, 0.15) is 0 Å². The van der Waals surface area contributed by atoms with E-state index in [0.29, 0.717) is 30.7 Å². The average molecular weight is 409 g/mol. The Morgan fingerprint density at radius 1 is 1.30 bits per heavy atom. The Kier molecular flexibility index (Phi) is 4.90. The van der Waals surface area contributed by atoms with Gasteiger partial charge < -0.3 is 9.64 Å². The van der Waals surface area contributed by atoms with Crippen LogP contribution in [0.4, 0.5) is 11.4 Å². The Hall–Kier alpha value is -3.82. The summed E-state index contributed by atoms with van der Waals surface area (Å²) in [7, 11) is 1.77. The number of nitro benzene ring substituents is 1. The van der Waals surface area contributed by atoms with Gasteiger partial charge >= 0.3 is 5.97 Å². The van der Waals surface area contributed by atoms with Crippen LogP contribution in [0.2, 0.25) is 0 Å². The van der Waals surface area contributed by atoms with Gasteiger partial charge in [-0.3, -0.25) is 19.6 Å². The van der Waals surface area contributed by atoms with Crippen molar-refractivity contribution in [1.82, 2.24) is 14.8 Å². The van der Waals surface area contributed by atoms with Gasteiger partial charge in [0, 0.05) is 43.0 Å². The molecule has 3 heterocycles. The highest BCUT2D eigenvalue weighted by atomic mass is 16.6. The number of amides is 1. The van der Waals surface area contributed by atoms with Crippen LogP contribution in [0, 0.1) is 17.0 Å². The Bertz CT molecular complexity index is 1190. The predicted octanol–water partition coefficient (Wildman–Crippen LogP) is 2.32. The maximum Gasteiger partial charge on any atom is 0.340 e. The standard InChI is InChI=1S/C20H19N5O5/c1-12-16-9-14(10-21-19(16)23(2)22-12)20(27)30-11-18(26)24-7-3-4-13-8-15(25(28)29)5-6-17(13)24/h5-6,8-10H,3-4,7,11H2,1-2H3. The van der Waals surface area contributed by atoms with E-state index in [1.807, 2.05) is 6.92 Å². The molecule has 10 heteroatoms. The molecule has 10 nitrogen and oxygen atoms in total. The van der Waals surface area contributed by atoms with Crippen LogP contribution in [0.15, 0.2) is 30.5 Å². The maximum atomic E-state index is 12.7. The smallest absolute Gasteiger partial charge is 0.340 e. The normalized spacial score (nSPS) is 13.2. The van der Waals surface area contributed by atoms with Crippen LogP contribution >= 0.6 is 0 Å². The second kappa shape index (κ2) is 7.54. The van der Waals surface area contributed by atoms with Crippen molar-refractivity contribution >= 4 is 34.3 Å². The summed E-state index contributed by atoms with van der Waals surface area (Å²) in [6, 6.07) is 6.06. The van der Waals surface area contributed by atoms with Gasteiger partial charge in [-0.05, 0) is 37.5 Å². The number of hydrogen-bond acceptors (Lipinski definition) is 7. The quantitative estimate of drug-likeness (QED) is 0.368. The monoisotopic (exact) mass is 409 g/mol. The number of carbonyl (C=O) groups excluding carboxylic acids is 2. The number of benzene rings is 1. The average Bonchev–Trinajstić information content (AvgIpc) is 3.03. The number of aromatic nitrogens is 3. The van der Waals surface area contributed by atoms with Crippen molar-refractivity contribution in [3.05, 3.63) is 57.4 Å². The fraction of sp³-hybridized carbons (Fsp3) is 0.300. The summed E-state index contributed by atoms with van der Waals surface area (Å²) >= 11 is 0. The molecule has 0 spiro atoms. The second-order valence-electron chi connectivity index (χ2n) is 7.10. The lowest BCUT2D eigenvalue weighted by atomic mass is 10.0. The molecule has 0 aliphatic carbocycles. The van der Waals surface area contributed by atoms with Crippen molar-refractivity contribution < 1.29 is 19.2 Å². The molecule has 4 rings (SSSR count). The van der Waals surface area contributed by atoms with E-state index < -0.39 is 17.5 Å². The highest BCUT2D eigenvalue weighted by molar-refractivity contribution is 5.99. The first-order valence-corrected chi connectivity index (χ1v) is 9.39. The molecular weight excluding hydrogens is 390 g/mol. The third-order valence-corrected chi connectivity index (χ3v) is 5.12. The molecule has 2 aromatic heterocycles. The van der Waals surface area contributed by atoms with Crippen molar-refractivity contribution in [2.24, 2.45) is 7.05 Å². The van der Waals surface area contributed by atoms with Gasteiger partial charge in [0.05, 0.1) is 16.2 Å². The van der Waals surface area contributed by atoms with Crippen molar-refractivity contribution in [3.63, 3.8) is 0 Å². The molecule has 1 aliphatic rings. The molecule has 0 bridgehead atoms. The van der Waals surface area contributed by atoms with E-state index in [1.165, 1.54) is 23.2 Å². The zero-order valence-corrected chi connectivity index (χ0v) is 16.5. The second-order valence-corrected chi connectivity index (χ2v) is 7.10. The minimum Gasteiger partial charge on any atom is -0.452 e. The number of pyridine rings is 1. The molecule has 1 aromatic carbocycles. The molecule has 0 saturated carbocycles. The number of hydrogen-bond donors (Lipinski definition) is 0. The summed E-state index contributed by atoms with van der Waals surface area (Å²) in [5.41, 5.74) is 2.96. The van der Waals surface area contributed by atoms with Crippen LogP contribution in [0.5, 0.6) is 0 Å². The molecule has 0 N–H and O–H groups in total. The van der Waals surface area contributed by atoms with Gasteiger partial charge in [-0.2, -0.15) is 5.10 Å². The molecule has 0 saturated heterocycles. The summed E-state index contributed by atoms with van der Waals surface area (Å²) in [5, 5.41) is 16.0. The lowest BCUT2D eigenvalue weighted by molar-refractivity contribution is -0.384. The minimum atomic E-state index is -0.651. The third kappa shape index (κ3) is 3.47. The number of esters is 1. The highest BCUT2D eigenvalue weighted by Gasteiger charge is 2.25. The number of nitro groups is 1. The van der Waals surface area contributed by atoms with Crippen LogP contribution < -0.4 is 4.90 Å². The van der Waals surface area contributed by atoms with Crippen molar-refractivity contribution in [3.8, 4) is 0 Å². The third-order valence-electron chi connectivity index (χ3n) is 5.12. The van der Waals surface area contributed by atoms with Crippen LogP contribution in [0.3, 0.4) is 0 Å². The highest BCUT2D eigenvalue weighted by Crippen LogP contribution is 2.30.